The van der Waals surface area contributed by atoms with Crippen molar-refractivity contribution in [2.75, 3.05) is 0 Å². The molecule has 0 spiro atoms. The third-order valence-electron chi connectivity index (χ3n) is 2.24. The molecule has 4 heteroatoms. The largest absolute Gasteiger partial charge is 0.288 e. The molecule has 2 aromatic rings. The second kappa shape index (κ2) is 4.63. The molecule has 1 nitrogen and oxygen atoms in total. The minimum atomic E-state index is -0.316. The highest BCUT2D eigenvalue weighted by atomic mass is 127. The molecule has 1 aromatic heterocycles. The van der Waals surface area contributed by atoms with Gasteiger partial charge >= 0.3 is 0 Å². The minimum absolute atomic E-state index is 0.0306. The van der Waals surface area contributed by atoms with Crippen LogP contribution in [0.1, 0.15) is 20.8 Å². The van der Waals surface area contributed by atoms with Gasteiger partial charge in [0.05, 0.1) is 4.88 Å². The Balaban J connectivity index is 2.46. The molecule has 1 heterocycles. The molecule has 0 fully saturated rings. The van der Waals surface area contributed by atoms with Crippen molar-refractivity contribution < 1.29 is 9.18 Å². The standard InChI is InChI=1S/C12H8FIOS/c1-7-4-5-16-12(7)11(15)9-3-2-8(13)6-10(9)14/h2-6H,1H3. The second-order valence-corrected chi connectivity index (χ2v) is 5.46. The van der Waals surface area contributed by atoms with Gasteiger partial charge in [-0.25, -0.2) is 4.39 Å². The lowest BCUT2D eigenvalue weighted by atomic mass is 10.1. The van der Waals surface area contributed by atoms with Gasteiger partial charge in [-0.1, -0.05) is 0 Å². The van der Waals surface area contributed by atoms with E-state index in [4.69, 9.17) is 0 Å². The molecule has 0 atom stereocenters. The van der Waals surface area contributed by atoms with Crippen LogP contribution in [-0.2, 0) is 0 Å². The van der Waals surface area contributed by atoms with Crippen LogP contribution >= 0.6 is 33.9 Å². The van der Waals surface area contributed by atoms with Crippen molar-refractivity contribution in [3.63, 3.8) is 0 Å². The van der Waals surface area contributed by atoms with Crippen LogP contribution in [0.3, 0.4) is 0 Å². The summed E-state index contributed by atoms with van der Waals surface area (Å²) in [5, 5.41) is 1.89. The summed E-state index contributed by atoms with van der Waals surface area (Å²) in [6.45, 7) is 1.90. The SMILES string of the molecule is Cc1ccsc1C(=O)c1ccc(F)cc1I. The first-order valence-electron chi connectivity index (χ1n) is 4.63. The summed E-state index contributed by atoms with van der Waals surface area (Å²) in [5.41, 5.74) is 1.53. The average molecular weight is 346 g/mol. The first-order chi connectivity index (χ1) is 7.59. The van der Waals surface area contributed by atoms with Crippen LogP contribution in [0.5, 0.6) is 0 Å². The van der Waals surface area contributed by atoms with E-state index in [-0.39, 0.29) is 11.6 Å². The second-order valence-electron chi connectivity index (χ2n) is 3.39. The van der Waals surface area contributed by atoms with Gasteiger partial charge in [0.1, 0.15) is 5.82 Å². The summed E-state index contributed by atoms with van der Waals surface area (Å²) >= 11 is 3.40. The third-order valence-corrected chi connectivity index (χ3v) is 4.15. The number of carbonyl (C=O) groups is 1. The zero-order valence-corrected chi connectivity index (χ0v) is 11.4. The number of hydrogen-bond acceptors (Lipinski definition) is 2. The molecular weight excluding hydrogens is 338 g/mol. The summed E-state index contributed by atoms with van der Waals surface area (Å²) in [5.74, 6) is -0.347. The van der Waals surface area contributed by atoms with Crippen LogP contribution in [0.25, 0.3) is 0 Å². The normalized spacial score (nSPS) is 10.4. The Morgan fingerprint density at radius 2 is 2.12 bits per heavy atom. The smallest absolute Gasteiger partial charge is 0.204 e. The molecule has 0 radical (unpaired) electrons. The highest BCUT2D eigenvalue weighted by Crippen LogP contribution is 2.23. The lowest BCUT2D eigenvalue weighted by Gasteiger charge is -2.03. The van der Waals surface area contributed by atoms with Crippen molar-refractivity contribution in [3.05, 3.63) is 55.0 Å². The van der Waals surface area contributed by atoms with Gasteiger partial charge < -0.3 is 0 Å². The molecule has 0 N–H and O–H groups in total. The quantitative estimate of drug-likeness (QED) is 0.593. The van der Waals surface area contributed by atoms with Crippen LogP contribution in [0.2, 0.25) is 0 Å². The van der Waals surface area contributed by atoms with Gasteiger partial charge in [-0.15, -0.1) is 11.3 Å². The highest BCUT2D eigenvalue weighted by Gasteiger charge is 2.15. The van der Waals surface area contributed by atoms with Crippen molar-refractivity contribution in [1.82, 2.24) is 0 Å². The molecule has 0 saturated carbocycles. The first kappa shape index (κ1) is 11.7. The summed E-state index contributed by atoms with van der Waals surface area (Å²) in [6.07, 6.45) is 0. The number of rotatable bonds is 2. The minimum Gasteiger partial charge on any atom is -0.288 e. The van der Waals surface area contributed by atoms with Crippen LogP contribution in [0.4, 0.5) is 4.39 Å². The van der Waals surface area contributed by atoms with Crippen molar-refractivity contribution >= 4 is 39.7 Å². The zero-order chi connectivity index (χ0) is 11.7. The van der Waals surface area contributed by atoms with E-state index >= 15 is 0 Å². The van der Waals surface area contributed by atoms with E-state index in [0.717, 1.165) is 10.4 Å². The highest BCUT2D eigenvalue weighted by molar-refractivity contribution is 14.1. The van der Waals surface area contributed by atoms with E-state index in [9.17, 15) is 9.18 Å². The number of halogens is 2. The molecule has 0 aliphatic rings. The van der Waals surface area contributed by atoms with Crippen LogP contribution in [0, 0.1) is 16.3 Å². The molecule has 0 amide bonds. The maximum Gasteiger partial charge on any atom is 0.204 e. The van der Waals surface area contributed by atoms with E-state index < -0.39 is 0 Å². The Morgan fingerprint density at radius 3 is 2.69 bits per heavy atom. The van der Waals surface area contributed by atoms with E-state index in [1.807, 2.05) is 41.0 Å². The predicted molar refractivity (Wildman–Crippen MR) is 71.6 cm³/mol. The topological polar surface area (TPSA) is 17.1 Å². The summed E-state index contributed by atoms with van der Waals surface area (Å²) in [4.78, 5) is 12.9. The molecule has 0 saturated heterocycles. The van der Waals surface area contributed by atoms with Crippen molar-refractivity contribution in [3.8, 4) is 0 Å². The zero-order valence-electron chi connectivity index (χ0n) is 8.46. The Bertz CT molecular complexity index is 548. The Kier molecular flexibility index (Phi) is 3.39. The van der Waals surface area contributed by atoms with E-state index in [1.54, 1.807) is 6.07 Å². The number of hydrogen-bond donors (Lipinski definition) is 0. The van der Waals surface area contributed by atoms with Crippen molar-refractivity contribution in [2.45, 2.75) is 6.92 Å². The summed E-state index contributed by atoms with van der Waals surface area (Å²) in [7, 11) is 0. The van der Waals surface area contributed by atoms with Crippen LogP contribution < -0.4 is 0 Å². The van der Waals surface area contributed by atoms with E-state index in [2.05, 4.69) is 0 Å². The van der Waals surface area contributed by atoms with Gasteiger partial charge in [0, 0.05) is 9.13 Å². The lowest BCUT2D eigenvalue weighted by Crippen LogP contribution is -2.03. The van der Waals surface area contributed by atoms with Gasteiger partial charge in [-0.2, -0.15) is 0 Å². The van der Waals surface area contributed by atoms with E-state index in [1.165, 1.54) is 23.5 Å². The van der Waals surface area contributed by atoms with Gasteiger partial charge in [0.2, 0.25) is 5.78 Å². The molecular formula is C12H8FIOS. The molecule has 82 valence electrons. The number of carbonyl (C=O) groups excluding carboxylic acids is 1. The van der Waals surface area contributed by atoms with Gasteiger partial charge in [-0.3, -0.25) is 4.79 Å². The van der Waals surface area contributed by atoms with Crippen LogP contribution in [0.15, 0.2) is 29.6 Å². The molecule has 16 heavy (non-hydrogen) atoms. The molecule has 2 rings (SSSR count). The third kappa shape index (κ3) is 2.17. The molecule has 0 aliphatic heterocycles. The maximum absolute atomic E-state index is 12.9. The molecule has 1 aromatic carbocycles. The fourth-order valence-corrected chi connectivity index (χ4v) is 3.00. The Morgan fingerprint density at radius 1 is 1.38 bits per heavy atom. The number of ketones is 1. The molecule has 0 aliphatic carbocycles. The van der Waals surface area contributed by atoms with E-state index in [0.29, 0.717) is 9.13 Å². The molecule has 0 bridgehead atoms. The monoisotopic (exact) mass is 346 g/mol. The number of benzene rings is 1. The Labute approximate surface area is 110 Å². The fourth-order valence-electron chi connectivity index (χ4n) is 1.40. The van der Waals surface area contributed by atoms with Gasteiger partial charge in [-0.05, 0) is 64.7 Å². The van der Waals surface area contributed by atoms with Crippen LogP contribution in [-0.4, -0.2) is 5.78 Å². The molecule has 0 unspecified atom stereocenters. The average Bonchev–Trinajstić information content (AvgIpc) is 2.63. The lowest BCUT2D eigenvalue weighted by molar-refractivity contribution is 0.104. The predicted octanol–water partition coefficient (Wildman–Crippen LogP) is 4.03. The number of aryl methyl sites for hydroxylation is 1. The summed E-state index contributed by atoms with van der Waals surface area (Å²) in [6, 6.07) is 6.14. The maximum atomic E-state index is 12.9. The van der Waals surface area contributed by atoms with Gasteiger partial charge in [0.25, 0.3) is 0 Å². The van der Waals surface area contributed by atoms with Crippen molar-refractivity contribution in [2.24, 2.45) is 0 Å². The Hall–Kier alpha value is -0.750. The fraction of sp³-hybridized carbons (Fsp3) is 0.0833. The first-order valence-corrected chi connectivity index (χ1v) is 6.59. The van der Waals surface area contributed by atoms with Gasteiger partial charge in [0.15, 0.2) is 0 Å². The number of thiophene rings is 1. The summed E-state index contributed by atoms with van der Waals surface area (Å²) < 4.78 is 13.6. The van der Waals surface area contributed by atoms with Crippen molar-refractivity contribution in [1.29, 1.82) is 0 Å².